The van der Waals surface area contributed by atoms with E-state index in [1.165, 1.54) is 50.1 Å². The standard InChI is InChI=1S/C15H30N2.C13H20N2.C13H26N2.C9H18N2/c1-6-8-10-16-12-13-17(11-9-7-2)14(16)15(3,4)5;1-13(2,3)12-14(4)10-8-6-7-9-11(10)15(12)5;1-10(2)14-8-9-15(11(3)4)12(14)13(5,6)7;1-9(2,3)8-10(4)6-7-11(8)5/h12-14H,6-11H2,1-5H3;6-9,12H,1-5H3;8-12H,1-7H3;6-8H,1-5H3. The third-order valence-corrected chi connectivity index (χ3v) is 11.6. The summed E-state index contributed by atoms with van der Waals surface area (Å²) in [6.07, 6.45) is 20.4. The van der Waals surface area contributed by atoms with Crippen molar-refractivity contribution in [3.8, 4) is 0 Å². The zero-order valence-electron chi connectivity index (χ0n) is 42.1. The molecule has 5 rings (SSSR count). The Morgan fingerprint density at radius 1 is 0.448 bits per heavy atom. The molecule has 4 aliphatic heterocycles. The first-order valence-electron chi connectivity index (χ1n) is 22.7. The van der Waals surface area contributed by atoms with Crippen LogP contribution in [0.25, 0.3) is 0 Å². The summed E-state index contributed by atoms with van der Waals surface area (Å²) in [5.41, 5.74) is 3.82. The molecule has 0 amide bonds. The average Bonchev–Trinajstić information content (AvgIpc) is 3.87. The smallest absolute Gasteiger partial charge is 0.106 e. The summed E-state index contributed by atoms with van der Waals surface area (Å²) in [7, 11) is 8.60. The molecular formula is C50H94N8. The summed E-state index contributed by atoms with van der Waals surface area (Å²) in [5, 5.41) is 0. The quantitative estimate of drug-likeness (QED) is 0.256. The van der Waals surface area contributed by atoms with Crippen molar-refractivity contribution in [2.24, 2.45) is 21.7 Å². The second kappa shape index (κ2) is 20.9. The monoisotopic (exact) mass is 807 g/mol. The van der Waals surface area contributed by atoms with Crippen molar-refractivity contribution in [2.75, 3.05) is 51.1 Å². The van der Waals surface area contributed by atoms with Gasteiger partial charge >= 0.3 is 0 Å². The molecule has 8 heteroatoms. The van der Waals surface area contributed by atoms with Crippen molar-refractivity contribution in [3.63, 3.8) is 0 Å². The third-order valence-electron chi connectivity index (χ3n) is 11.6. The number of benzene rings is 1. The molecule has 8 nitrogen and oxygen atoms in total. The molecule has 0 saturated carbocycles. The number of hydrogen-bond donors (Lipinski definition) is 0. The van der Waals surface area contributed by atoms with Gasteiger partial charge in [0.1, 0.15) is 24.7 Å². The average molecular weight is 807 g/mol. The van der Waals surface area contributed by atoms with E-state index in [0.29, 0.717) is 47.6 Å². The van der Waals surface area contributed by atoms with Crippen LogP contribution in [-0.2, 0) is 0 Å². The Labute approximate surface area is 360 Å². The molecular weight excluding hydrogens is 713 g/mol. The SMILES string of the molecule is CC(C)N1C=CN(C(C)C)C1C(C)(C)C.CCCCN1C=CN(CCCC)C1C(C)(C)C.CN1C=CN(C)C1C(C)(C)C.CN1c2ccccc2N(C)C1C(C)(C)C. The number of anilines is 2. The van der Waals surface area contributed by atoms with Gasteiger partial charge in [0.15, 0.2) is 0 Å². The first kappa shape index (κ1) is 51.0. The second-order valence-corrected chi connectivity index (χ2v) is 22.2. The Hall–Kier alpha value is -3.16. The van der Waals surface area contributed by atoms with E-state index in [2.05, 4.69) is 253 Å². The van der Waals surface area contributed by atoms with E-state index in [4.69, 9.17) is 0 Å². The summed E-state index contributed by atoms with van der Waals surface area (Å²) in [6.45, 7) is 43.6. The molecule has 0 fully saturated rings. The molecule has 0 saturated heterocycles. The van der Waals surface area contributed by atoms with Gasteiger partial charge in [-0.1, -0.05) is 122 Å². The molecule has 58 heavy (non-hydrogen) atoms. The predicted octanol–water partition coefficient (Wildman–Crippen LogP) is 12.0. The highest BCUT2D eigenvalue weighted by atomic mass is 15.4. The Kier molecular flexibility index (Phi) is 18.4. The minimum atomic E-state index is 0.252. The number of unbranched alkanes of at least 4 members (excludes halogenated alkanes) is 2. The van der Waals surface area contributed by atoms with E-state index in [-0.39, 0.29) is 10.8 Å². The number of rotatable bonds is 8. The molecule has 0 N–H and O–H groups in total. The van der Waals surface area contributed by atoms with Gasteiger partial charge < -0.3 is 39.2 Å². The van der Waals surface area contributed by atoms with Gasteiger partial charge in [-0.05, 0) is 52.7 Å². The lowest BCUT2D eigenvalue weighted by atomic mass is 9.90. The number of hydrogen-bond acceptors (Lipinski definition) is 8. The van der Waals surface area contributed by atoms with E-state index in [9.17, 15) is 0 Å². The normalized spacial score (nSPS) is 18.1. The van der Waals surface area contributed by atoms with Gasteiger partial charge in [-0.3, -0.25) is 0 Å². The lowest BCUT2D eigenvalue weighted by Crippen LogP contribution is -2.51. The summed E-state index contributed by atoms with van der Waals surface area (Å²) in [5.74, 6) is 0. The lowest BCUT2D eigenvalue weighted by Gasteiger charge is -2.44. The highest BCUT2D eigenvalue weighted by Gasteiger charge is 2.40. The molecule has 0 unspecified atom stereocenters. The minimum Gasteiger partial charge on any atom is -0.359 e. The van der Waals surface area contributed by atoms with Crippen molar-refractivity contribution in [1.82, 2.24) is 29.4 Å². The van der Waals surface area contributed by atoms with Crippen molar-refractivity contribution in [3.05, 3.63) is 61.5 Å². The fourth-order valence-corrected chi connectivity index (χ4v) is 9.50. The zero-order valence-corrected chi connectivity index (χ0v) is 42.1. The summed E-state index contributed by atoms with van der Waals surface area (Å²) in [6, 6.07) is 9.72. The summed E-state index contributed by atoms with van der Waals surface area (Å²) in [4.78, 5) is 19.2. The summed E-state index contributed by atoms with van der Waals surface area (Å²) < 4.78 is 0. The minimum absolute atomic E-state index is 0.252. The molecule has 0 bridgehead atoms. The van der Waals surface area contributed by atoms with Crippen molar-refractivity contribution in [2.45, 2.75) is 187 Å². The topological polar surface area (TPSA) is 25.9 Å². The Balaban J connectivity index is 0.000000269. The van der Waals surface area contributed by atoms with Gasteiger partial charge in [0.2, 0.25) is 0 Å². The number of nitrogens with zero attached hydrogens (tertiary/aromatic N) is 8. The highest BCUT2D eigenvalue weighted by molar-refractivity contribution is 5.77. The van der Waals surface area contributed by atoms with Gasteiger partial charge in [-0.15, -0.1) is 0 Å². The highest BCUT2D eigenvalue weighted by Crippen LogP contribution is 2.43. The zero-order chi connectivity index (χ0) is 44.6. The van der Waals surface area contributed by atoms with Gasteiger partial charge in [0.25, 0.3) is 0 Å². The number of para-hydroxylation sites is 2. The van der Waals surface area contributed by atoms with Gasteiger partial charge in [-0.2, -0.15) is 0 Å². The van der Waals surface area contributed by atoms with Gasteiger partial charge in [-0.25, -0.2) is 0 Å². The molecule has 0 aliphatic carbocycles. The first-order chi connectivity index (χ1) is 26.6. The predicted molar refractivity (Wildman–Crippen MR) is 256 cm³/mol. The van der Waals surface area contributed by atoms with Crippen molar-refractivity contribution in [1.29, 1.82) is 0 Å². The molecule has 0 aromatic heterocycles. The Morgan fingerprint density at radius 2 is 0.776 bits per heavy atom. The first-order valence-corrected chi connectivity index (χ1v) is 22.7. The van der Waals surface area contributed by atoms with E-state index >= 15 is 0 Å². The Morgan fingerprint density at radius 3 is 1.03 bits per heavy atom. The van der Waals surface area contributed by atoms with E-state index in [0.717, 1.165) is 0 Å². The van der Waals surface area contributed by atoms with Crippen LogP contribution in [-0.4, -0.2) is 107 Å². The third kappa shape index (κ3) is 13.4. The van der Waals surface area contributed by atoms with E-state index in [1.807, 2.05) is 0 Å². The van der Waals surface area contributed by atoms with Crippen LogP contribution in [0.4, 0.5) is 11.4 Å². The molecule has 1 aromatic carbocycles. The lowest BCUT2D eigenvalue weighted by molar-refractivity contribution is 0.0185. The van der Waals surface area contributed by atoms with Crippen LogP contribution in [0.2, 0.25) is 0 Å². The fourth-order valence-electron chi connectivity index (χ4n) is 9.50. The fraction of sp³-hybridized carbons (Fsp3) is 0.760. The molecule has 0 spiro atoms. The van der Waals surface area contributed by atoms with Gasteiger partial charge in [0, 0.05) is 112 Å². The maximum atomic E-state index is 2.53. The molecule has 4 heterocycles. The largest absolute Gasteiger partial charge is 0.359 e. The Bertz CT molecular complexity index is 1360. The molecule has 334 valence electrons. The van der Waals surface area contributed by atoms with Crippen molar-refractivity contribution < 1.29 is 0 Å². The maximum absolute atomic E-state index is 2.53. The van der Waals surface area contributed by atoms with Crippen LogP contribution < -0.4 is 9.80 Å². The van der Waals surface area contributed by atoms with Crippen LogP contribution in [0.3, 0.4) is 0 Å². The van der Waals surface area contributed by atoms with Crippen LogP contribution in [0.15, 0.2) is 61.5 Å². The molecule has 4 aliphatic rings. The van der Waals surface area contributed by atoms with E-state index < -0.39 is 0 Å². The van der Waals surface area contributed by atoms with Crippen LogP contribution in [0, 0.1) is 21.7 Å². The van der Waals surface area contributed by atoms with Crippen LogP contribution >= 0.6 is 0 Å². The van der Waals surface area contributed by atoms with Gasteiger partial charge in [0.05, 0.1) is 11.4 Å². The molecule has 1 aromatic rings. The van der Waals surface area contributed by atoms with Crippen LogP contribution in [0.5, 0.6) is 0 Å². The van der Waals surface area contributed by atoms with E-state index in [1.54, 1.807) is 0 Å². The maximum Gasteiger partial charge on any atom is 0.106 e. The van der Waals surface area contributed by atoms with Crippen LogP contribution in [0.1, 0.15) is 150 Å². The summed E-state index contributed by atoms with van der Waals surface area (Å²) >= 11 is 0. The molecule has 0 radical (unpaired) electrons. The number of fused-ring (bicyclic) bond motifs is 1. The molecule has 0 atom stereocenters. The van der Waals surface area contributed by atoms with Crippen molar-refractivity contribution >= 4 is 11.4 Å². The second-order valence-electron chi connectivity index (χ2n) is 22.2.